The zero-order valence-corrected chi connectivity index (χ0v) is 40.9. The second kappa shape index (κ2) is 18.2. The molecule has 1 amide bonds. The van der Waals surface area contributed by atoms with E-state index in [1.165, 1.54) is 13.8 Å². The van der Waals surface area contributed by atoms with Crippen LogP contribution in [0.1, 0.15) is 114 Å². The molecule has 11 N–H and O–H groups in total. The number of aliphatic hydroxyl groups is 9. The Bertz CT molecular complexity index is 1920. The maximum Gasteiger partial charge on any atom is 0.312 e. The van der Waals surface area contributed by atoms with Gasteiger partial charge in [-0.25, -0.2) is 0 Å². The number of carboxylic acids is 1. The summed E-state index contributed by atoms with van der Waals surface area (Å²) in [5, 5.41) is 112. The van der Waals surface area contributed by atoms with Crippen LogP contribution < -0.4 is 5.32 Å². The molecule has 24 atom stereocenters. The highest BCUT2D eigenvalue weighted by atomic mass is 16.8. The van der Waals surface area contributed by atoms with Crippen LogP contribution in [-0.2, 0) is 38.0 Å². The summed E-state index contributed by atoms with van der Waals surface area (Å²) in [6, 6.07) is -1.19. The zero-order valence-electron chi connectivity index (χ0n) is 40.9. The van der Waals surface area contributed by atoms with Gasteiger partial charge in [0.25, 0.3) is 0 Å². The largest absolute Gasteiger partial charge is 0.481 e. The lowest BCUT2D eigenvalue weighted by molar-refractivity contribution is -0.361. The molecule has 388 valence electrons. The molecule has 3 heterocycles. The van der Waals surface area contributed by atoms with Crippen molar-refractivity contribution in [3.05, 3.63) is 11.6 Å². The molecule has 8 rings (SSSR count). The highest BCUT2D eigenvalue weighted by molar-refractivity contribution is 5.78. The third-order valence-corrected chi connectivity index (χ3v) is 19.5. The molecule has 0 aromatic heterocycles. The first kappa shape index (κ1) is 52.4. The third-order valence-electron chi connectivity index (χ3n) is 19.5. The van der Waals surface area contributed by atoms with Crippen LogP contribution in [0.5, 0.6) is 0 Å². The van der Waals surface area contributed by atoms with Crippen LogP contribution in [0.4, 0.5) is 0 Å². The van der Waals surface area contributed by atoms with E-state index >= 15 is 0 Å². The summed E-state index contributed by atoms with van der Waals surface area (Å²) in [6.07, 6.45) is -14.8. The normalized spacial score (nSPS) is 53.1. The topological polar surface area (TPSA) is 304 Å². The lowest BCUT2D eigenvalue weighted by atomic mass is 9.33. The summed E-state index contributed by atoms with van der Waals surface area (Å²) in [6.45, 7) is 17.2. The standard InChI is InChI=1S/C49H79NO18/c1-21-33(55)37(59)39(68-41-38(60)34(56)25(52)19-63-41)42(65-21)64-20-26-35(57)36(58)32(50-22(2)51)40(66-26)67-31-13-14-46(7)27(45(31,5)6)12-15-47(8)28(46)11-10-23-24-16-44(3,4)29(53)18-49(24,43(61)62)30(54)17-48(23,47)9/h10,21,24-42,52-60H,11-20H2,1-9H3,(H,50,51)(H,61,62)/t21-,24?,25-,26-,27?,28?,29+,30-,31?,32-,33+,34+,35-,36-,37+,38-,39-,40+,41+,42-,46+,47-,48-,49-/m1/s1. The number of carbonyl (C=O) groups is 2. The Morgan fingerprint density at radius 3 is 2.10 bits per heavy atom. The number of fused-ring (bicyclic) bond motifs is 7. The van der Waals surface area contributed by atoms with Gasteiger partial charge in [0.1, 0.15) is 66.4 Å². The Labute approximate surface area is 398 Å². The average Bonchev–Trinajstić information content (AvgIpc) is 3.25. The molecule has 0 radical (unpaired) electrons. The van der Waals surface area contributed by atoms with Crippen LogP contribution in [0.15, 0.2) is 11.6 Å². The van der Waals surface area contributed by atoms with Gasteiger partial charge in [0, 0.05) is 6.92 Å². The summed E-state index contributed by atoms with van der Waals surface area (Å²) in [7, 11) is 0. The molecular weight excluding hydrogens is 891 g/mol. The van der Waals surface area contributed by atoms with Crippen LogP contribution in [0, 0.1) is 50.2 Å². The van der Waals surface area contributed by atoms with Crippen molar-refractivity contribution in [1.82, 2.24) is 5.32 Å². The highest BCUT2D eigenvalue weighted by Gasteiger charge is 2.72. The molecule has 68 heavy (non-hydrogen) atoms. The number of aliphatic carboxylic acids is 1. The van der Waals surface area contributed by atoms with Crippen LogP contribution in [0.3, 0.4) is 0 Å². The van der Waals surface area contributed by atoms with E-state index in [1.54, 1.807) is 0 Å². The van der Waals surface area contributed by atoms with E-state index in [2.05, 4.69) is 46.0 Å². The van der Waals surface area contributed by atoms with Crippen molar-refractivity contribution in [3.63, 3.8) is 0 Å². The monoisotopic (exact) mass is 970 g/mol. The van der Waals surface area contributed by atoms with E-state index in [9.17, 15) is 60.7 Å². The Hall–Kier alpha value is -1.92. The fourth-order valence-electron chi connectivity index (χ4n) is 15.2. The first-order valence-electron chi connectivity index (χ1n) is 24.8. The molecule has 19 nitrogen and oxygen atoms in total. The summed E-state index contributed by atoms with van der Waals surface area (Å²) in [4.78, 5) is 25.8. The summed E-state index contributed by atoms with van der Waals surface area (Å²) >= 11 is 0. The minimum absolute atomic E-state index is 0.00159. The van der Waals surface area contributed by atoms with Gasteiger partial charge < -0.3 is 84.8 Å². The van der Waals surface area contributed by atoms with E-state index in [0.29, 0.717) is 12.8 Å². The number of carbonyl (C=O) groups excluding carboxylic acids is 1. The van der Waals surface area contributed by atoms with Crippen LogP contribution in [0.2, 0.25) is 0 Å². The number of hydrogen-bond acceptors (Lipinski definition) is 17. The van der Waals surface area contributed by atoms with Crippen molar-refractivity contribution in [1.29, 1.82) is 0 Å². The van der Waals surface area contributed by atoms with E-state index in [0.717, 1.165) is 31.3 Å². The van der Waals surface area contributed by atoms with Gasteiger partial charge in [-0.15, -0.1) is 0 Å². The zero-order chi connectivity index (χ0) is 50.0. The number of rotatable bonds is 9. The maximum atomic E-state index is 13.2. The number of hydrogen-bond donors (Lipinski definition) is 11. The fraction of sp³-hybridized carbons (Fsp3) is 0.918. The summed E-state index contributed by atoms with van der Waals surface area (Å²) in [5.41, 5.74) is -2.39. The van der Waals surface area contributed by atoms with Gasteiger partial charge in [-0.2, -0.15) is 0 Å². The molecule has 5 aliphatic carbocycles. The SMILES string of the molecule is CC(=O)N[C@H]1[C@H](OC2CC[C@@]3(C)C(CC[C@]4(C)C3CC=C3C5CC(C)(C)[C@@H](O)C[C@]5(C(=O)O)[C@H](O)C[C@]34C)C2(C)C)O[C@H](CO[C@@H]2O[C@H](C)[C@H](O)[C@H](O)[C@H]2O[C@@H]2OC[C@@H](O)[C@H](O)[C@H]2O)[C@@H](O)[C@@H]1O. The average molecular weight is 970 g/mol. The van der Waals surface area contributed by atoms with Crippen molar-refractivity contribution in [2.24, 2.45) is 50.2 Å². The number of amides is 1. The smallest absolute Gasteiger partial charge is 0.312 e. The molecule has 3 saturated heterocycles. The van der Waals surface area contributed by atoms with Gasteiger partial charge in [-0.05, 0) is 103 Å². The number of allylic oxidation sites excluding steroid dienone is 2. The molecule has 4 saturated carbocycles. The molecule has 0 spiro atoms. The number of ether oxygens (including phenoxy) is 6. The molecule has 19 heteroatoms. The lowest BCUT2D eigenvalue weighted by Crippen LogP contribution is -2.69. The fourth-order valence-corrected chi connectivity index (χ4v) is 15.2. The van der Waals surface area contributed by atoms with Gasteiger partial charge >= 0.3 is 5.97 Å². The Morgan fingerprint density at radius 2 is 1.44 bits per heavy atom. The number of aliphatic hydroxyl groups excluding tert-OH is 9. The van der Waals surface area contributed by atoms with E-state index in [-0.39, 0.29) is 35.5 Å². The summed E-state index contributed by atoms with van der Waals surface area (Å²) < 4.78 is 36.4. The van der Waals surface area contributed by atoms with Crippen molar-refractivity contribution in [2.75, 3.05) is 13.2 Å². The number of nitrogens with one attached hydrogen (secondary N) is 1. The Morgan fingerprint density at radius 1 is 0.750 bits per heavy atom. The maximum absolute atomic E-state index is 13.2. The minimum Gasteiger partial charge on any atom is -0.481 e. The molecule has 0 aromatic rings. The van der Waals surface area contributed by atoms with Crippen molar-refractivity contribution in [2.45, 2.75) is 218 Å². The predicted octanol–water partition coefficient (Wildman–Crippen LogP) is 0.458. The van der Waals surface area contributed by atoms with Crippen molar-refractivity contribution >= 4 is 11.9 Å². The van der Waals surface area contributed by atoms with Gasteiger partial charge in [-0.1, -0.05) is 60.1 Å². The predicted molar refractivity (Wildman–Crippen MR) is 238 cm³/mol. The van der Waals surface area contributed by atoms with Gasteiger partial charge in [0.2, 0.25) is 5.91 Å². The van der Waals surface area contributed by atoms with E-state index in [1.807, 2.05) is 13.8 Å². The van der Waals surface area contributed by atoms with E-state index < -0.39 is 157 Å². The molecule has 4 unspecified atom stereocenters. The first-order valence-corrected chi connectivity index (χ1v) is 24.8. The second-order valence-electron chi connectivity index (χ2n) is 23.9. The number of carboxylic acid groups (broad SMARTS) is 1. The Kier molecular flexibility index (Phi) is 14.0. The molecule has 0 bridgehead atoms. The highest BCUT2D eigenvalue weighted by Crippen LogP contribution is 2.76. The third kappa shape index (κ3) is 8.13. The Balaban J connectivity index is 1.01. The van der Waals surface area contributed by atoms with E-state index in [4.69, 9.17) is 28.4 Å². The first-order chi connectivity index (χ1) is 31.6. The molecular formula is C49H79NO18. The van der Waals surface area contributed by atoms with Crippen LogP contribution in [-0.4, -0.2) is 180 Å². The minimum atomic E-state index is -1.73. The van der Waals surface area contributed by atoms with Crippen molar-refractivity contribution < 1.29 is 89.1 Å². The van der Waals surface area contributed by atoms with Crippen LogP contribution >= 0.6 is 0 Å². The summed E-state index contributed by atoms with van der Waals surface area (Å²) in [5.74, 6) is -1.67. The quantitative estimate of drug-likeness (QED) is 0.110. The van der Waals surface area contributed by atoms with Gasteiger partial charge in [0.05, 0.1) is 37.6 Å². The van der Waals surface area contributed by atoms with Crippen LogP contribution in [0.25, 0.3) is 0 Å². The molecule has 7 fully saturated rings. The van der Waals surface area contributed by atoms with Gasteiger partial charge in [0.15, 0.2) is 18.9 Å². The molecule has 0 aromatic carbocycles. The lowest BCUT2D eigenvalue weighted by Gasteiger charge is -2.72. The molecule has 3 aliphatic heterocycles. The second-order valence-corrected chi connectivity index (χ2v) is 23.9. The molecule has 8 aliphatic rings. The van der Waals surface area contributed by atoms with Gasteiger partial charge in [-0.3, -0.25) is 9.59 Å². The van der Waals surface area contributed by atoms with Crippen molar-refractivity contribution in [3.8, 4) is 0 Å².